The van der Waals surface area contributed by atoms with Crippen LogP contribution in [-0.4, -0.2) is 24.4 Å². The average molecular weight is 266 g/mol. The zero-order chi connectivity index (χ0) is 14.0. The molecule has 1 aromatic carbocycles. The predicted molar refractivity (Wildman–Crippen MR) is 53.4 cm³/mol. The van der Waals surface area contributed by atoms with E-state index in [0.717, 1.165) is 25.3 Å². The summed E-state index contributed by atoms with van der Waals surface area (Å²) in [4.78, 5) is 10.6. The first-order valence-electron chi connectivity index (χ1n) is 4.82. The van der Waals surface area contributed by atoms with Crippen LogP contribution in [0.1, 0.15) is 12.0 Å². The van der Waals surface area contributed by atoms with Crippen molar-refractivity contribution in [2.24, 2.45) is 0 Å². The molecule has 1 atom stereocenters. The van der Waals surface area contributed by atoms with E-state index < -0.39 is 35.5 Å². The van der Waals surface area contributed by atoms with Crippen molar-refractivity contribution in [1.82, 2.24) is 0 Å². The van der Waals surface area contributed by atoms with Gasteiger partial charge in [-0.2, -0.15) is 13.2 Å². The fraction of sp³-hybridized carbons (Fsp3) is 0.364. The topological polar surface area (TPSA) is 46.5 Å². The van der Waals surface area contributed by atoms with Crippen LogP contribution in [0.4, 0.5) is 17.6 Å². The first-order chi connectivity index (χ1) is 8.23. The molecular formula is C11H10F4O3. The smallest absolute Gasteiger partial charge is 0.422 e. The third-order valence-electron chi connectivity index (χ3n) is 2.50. The van der Waals surface area contributed by atoms with E-state index in [-0.39, 0.29) is 0 Å². The van der Waals surface area contributed by atoms with E-state index in [4.69, 9.17) is 5.11 Å². The van der Waals surface area contributed by atoms with Gasteiger partial charge in [0.2, 0.25) is 0 Å². The lowest BCUT2D eigenvalue weighted by molar-refractivity contribution is -0.279. The highest BCUT2D eigenvalue weighted by atomic mass is 19.4. The average Bonchev–Trinajstić information content (AvgIpc) is 2.23. The Hall–Kier alpha value is -1.63. The fourth-order valence-corrected chi connectivity index (χ4v) is 1.62. The third-order valence-corrected chi connectivity index (χ3v) is 2.50. The van der Waals surface area contributed by atoms with E-state index in [2.05, 4.69) is 4.74 Å². The van der Waals surface area contributed by atoms with Gasteiger partial charge < -0.3 is 9.84 Å². The number of ether oxygens (including phenoxy) is 1. The Morgan fingerprint density at radius 3 is 2.39 bits per heavy atom. The molecule has 0 aromatic heterocycles. The van der Waals surface area contributed by atoms with Gasteiger partial charge in [-0.05, 0) is 17.7 Å². The summed E-state index contributed by atoms with van der Waals surface area (Å²) < 4.78 is 56.5. The van der Waals surface area contributed by atoms with Crippen LogP contribution in [0.2, 0.25) is 0 Å². The van der Waals surface area contributed by atoms with E-state index in [1.165, 1.54) is 0 Å². The molecule has 0 aliphatic heterocycles. The van der Waals surface area contributed by atoms with Crippen molar-refractivity contribution in [3.8, 4) is 0 Å². The number of benzene rings is 1. The molecule has 0 aliphatic rings. The number of carboxylic acids is 1. The van der Waals surface area contributed by atoms with Crippen molar-refractivity contribution in [1.29, 1.82) is 0 Å². The van der Waals surface area contributed by atoms with Crippen molar-refractivity contribution in [2.75, 3.05) is 7.11 Å². The number of rotatable bonds is 4. The second-order valence-corrected chi connectivity index (χ2v) is 3.61. The largest absolute Gasteiger partial charge is 0.481 e. The Morgan fingerprint density at radius 1 is 1.39 bits per heavy atom. The molecular weight excluding hydrogens is 256 g/mol. The molecule has 0 amide bonds. The monoisotopic (exact) mass is 266 g/mol. The Balaban J connectivity index is 3.39. The van der Waals surface area contributed by atoms with E-state index in [1.807, 2.05) is 0 Å². The Bertz CT molecular complexity index is 444. The molecule has 0 radical (unpaired) electrons. The van der Waals surface area contributed by atoms with E-state index >= 15 is 0 Å². The normalized spacial score (nSPS) is 15.2. The van der Waals surface area contributed by atoms with Crippen LogP contribution in [0.15, 0.2) is 24.3 Å². The van der Waals surface area contributed by atoms with Gasteiger partial charge in [-0.3, -0.25) is 4.79 Å². The lowest BCUT2D eigenvalue weighted by Crippen LogP contribution is -2.45. The van der Waals surface area contributed by atoms with Gasteiger partial charge in [-0.15, -0.1) is 0 Å². The first kappa shape index (κ1) is 14.4. The summed E-state index contributed by atoms with van der Waals surface area (Å²) in [6.07, 6.45) is -6.32. The maximum absolute atomic E-state index is 13.0. The molecule has 100 valence electrons. The van der Waals surface area contributed by atoms with Gasteiger partial charge in [0, 0.05) is 7.11 Å². The molecule has 0 bridgehead atoms. The lowest BCUT2D eigenvalue weighted by atomic mass is 9.89. The highest BCUT2D eigenvalue weighted by Crippen LogP contribution is 2.44. The van der Waals surface area contributed by atoms with Gasteiger partial charge in [0.15, 0.2) is 5.60 Å². The molecule has 1 unspecified atom stereocenters. The van der Waals surface area contributed by atoms with Gasteiger partial charge >= 0.3 is 12.1 Å². The van der Waals surface area contributed by atoms with Crippen molar-refractivity contribution in [2.45, 2.75) is 18.2 Å². The zero-order valence-electron chi connectivity index (χ0n) is 9.29. The number of methoxy groups -OCH3 is 1. The molecule has 3 nitrogen and oxygen atoms in total. The maximum atomic E-state index is 13.0. The van der Waals surface area contributed by atoms with Crippen molar-refractivity contribution >= 4 is 5.97 Å². The van der Waals surface area contributed by atoms with Gasteiger partial charge in [0.1, 0.15) is 5.82 Å². The molecule has 0 heterocycles. The van der Waals surface area contributed by atoms with E-state index in [0.29, 0.717) is 6.07 Å². The quantitative estimate of drug-likeness (QED) is 0.852. The zero-order valence-corrected chi connectivity index (χ0v) is 9.29. The molecule has 1 aromatic rings. The number of hydrogen-bond acceptors (Lipinski definition) is 2. The van der Waals surface area contributed by atoms with Crippen LogP contribution in [0.5, 0.6) is 0 Å². The molecule has 0 fully saturated rings. The maximum Gasteiger partial charge on any atom is 0.422 e. The number of halogens is 4. The number of alkyl halides is 3. The van der Waals surface area contributed by atoms with Crippen LogP contribution >= 0.6 is 0 Å². The van der Waals surface area contributed by atoms with Gasteiger partial charge in [-0.25, -0.2) is 4.39 Å². The summed E-state index contributed by atoms with van der Waals surface area (Å²) in [7, 11) is 0.737. The van der Waals surface area contributed by atoms with E-state index in [1.54, 1.807) is 0 Å². The molecule has 1 N–H and O–H groups in total. The second kappa shape index (κ2) is 4.93. The van der Waals surface area contributed by atoms with E-state index in [9.17, 15) is 22.4 Å². The molecule has 0 aliphatic carbocycles. The van der Waals surface area contributed by atoms with Gasteiger partial charge in [0.25, 0.3) is 0 Å². The highest BCUT2D eigenvalue weighted by molar-refractivity contribution is 5.69. The summed E-state index contributed by atoms with van der Waals surface area (Å²) in [5.74, 6) is -2.60. The van der Waals surface area contributed by atoms with Crippen molar-refractivity contribution in [3.63, 3.8) is 0 Å². The SMILES string of the molecule is COC(CC(=O)O)(c1cccc(F)c1)C(F)(F)F. The summed E-state index contributed by atoms with van der Waals surface area (Å²) >= 11 is 0. The summed E-state index contributed by atoms with van der Waals surface area (Å²) in [5, 5.41) is 8.60. The van der Waals surface area contributed by atoms with Crippen molar-refractivity contribution in [3.05, 3.63) is 35.6 Å². The van der Waals surface area contributed by atoms with Crippen LogP contribution in [0.3, 0.4) is 0 Å². The number of aliphatic carboxylic acids is 1. The highest BCUT2D eigenvalue weighted by Gasteiger charge is 2.58. The van der Waals surface area contributed by atoms with Crippen LogP contribution in [0.25, 0.3) is 0 Å². The Morgan fingerprint density at radius 2 is 2.00 bits per heavy atom. The molecule has 0 saturated carbocycles. The third kappa shape index (κ3) is 2.61. The molecule has 0 spiro atoms. The van der Waals surface area contributed by atoms with Crippen LogP contribution in [-0.2, 0) is 15.1 Å². The number of carboxylic acid groups (broad SMARTS) is 1. The minimum atomic E-state index is -4.98. The molecule has 7 heteroatoms. The molecule has 18 heavy (non-hydrogen) atoms. The molecule has 1 rings (SSSR count). The Labute approximate surface area is 100.0 Å². The summed E-state index contributed by atoms with van der Waals surface area (Å²) in [5.41, 5.74) is -3.64. The lowest BCUT2D eigenvalue weighted by Gasteiger charge is -2.33. The van der Waals surface area contributed by atoms with Crippen LogP contribution < -0.4 is 0 Å². The number of hydrogen-bond donors (Lipinski definition) is 1. The second-order valence-electron chi connectivity index (χ2n) is 3.61. The molecule has 0 saturated heterocycles. The Kier molecular flexibility index (Phi) is 3.95. The minimum Gasteiger partial charge on any atom is -0.481 e. The first-order valence-corrected chi connectivity index (χ1v) is 4.82. The fourth-order valence-electron chi connectivity index (χ4n) is 1.62. The van der Waals surface area contributed by atoms with Crippen molar-refractivity contribution < 1.29 is 32.2 Å². The summed E-state index contributed by atoms with van der Waals surface area (Å²) in [6.45, 7) is 0. The summed E-state index contributed by atoms with van der Waals surface area (Å²) in [6, 6.07) is 3.61. The standard InChI is InChI=1S/C11H10F4O3/c1-18-10(6-9(16)17,11(13,14)15)7-3-2-4-8(12)5-7/h2-5H,6H2,1H3,(H,16,17). The van der Waals surface area contributed by atoms with Crippen LogP contribution in [0, 0.1) is 5.82 Å². The predicted octanol–water partition coefficient (Wildman–Crippen LogP) is 2.70. The van der Waals surface area contributed by atoms with Gasteiger partial charge in [-0.1, -0.05) is 12.1 Å². The number of carbonyl (C=O) groups is 1. The van der Waals surface area contributed by atoms with Gasteiger partial charge in [0.05, 0.1) is 6.42 Å². The minimum absolute atomic E-state index is 0.583.